The molecule has 0 rings (SSSR count). The fourth-order valence-corrected chi connectivity index (χ4v) is 4.59. The molecule has 0 aromatic carbocycles. The third-order valence-electron chi connectivity index (χ3n) is 1.13. The molecule has 0 heterocycles. The van der Waals surface area contributed by atoms with E-state index in [1.54, 1.807) is 0 Å². The molecule has 0 saturated heterocycles. The average molecular weight is 216 g/mol. The summed E-state index contributed by atoms with van der Waals surface area (Å²) in [4.78, 5) is 0. The lowest BCUT2D eigenvalue weighted by Gasteiger charge is -2.15. The van der Waals surface area contributed by atoms with Gasteiger partial charge in [-0.3, -0.25) is 0 Å². The second-order valence-electron chi connectivity index (χ2n) is 2.74. The minimum Gasteiger partial charge on any atom is -0.130 e. The molecule has 0 radical (unpaired) electrons. The van der Waals surface area contributed by atoms with Crippen molar-refractivity contribution in [2.45, 2.75) is 19.1 Å². The van der Waals surface area contributed by atoms with Crippen LogP contribution in [0, 0.1) is 0 Å². The molecule has 0 aliphatic carbocycles. The van der Waals surface area contributed by atoms with Gasteiger partial charge in [0.15, 0.2) is 0 Å². The Hall–Kier alpha value is 0.987. The maximum absolute atomic E-state index is 5.71. The SMILES string of the molecule is C[Si](C)(CCl)CCBr. The van der Waals surface area contributed by atoms with Gasteiger partial charge in [-0.15, -0.1) is 11.6 Å². The molecule has 0 saturated carbocycles. The molecule has 0 fully saturated rings. The first-order valence-corrected chi connectivity index (χ1v) is 7.81. The fraction of sp³-hybridized carbons (Fsp3) is 1.00. The average Bonchev–Trinajstić information content (AvgIpc) is 1.67. The van der Waals surface area contributed by atoms with Crippen molar-refractivity contribution < 1.29 is 0 Å². The van der Waals surface area contributed by atoms with Gasteiger partial charge in [-0.05, 0) is 6.04 Å². The zero-order chi connectivity index (χ0) is 6.62. The van der Waals surface area contributed by atoms with Crippen LogP contribution in [0.2, 0.25) is 19.1 Å². The molecule has 0 unspecified atom stereocenters. The van der Waals surface area contributed by atoms with Crippen LogP contribution in [-0.4, -0.2) is 18.9 Å². The summed E-state index contributed by atoms with van der Waals surface area (Å²) >= 11 is 9.11. The Balaban J connectivity index is 3.37. The standard InChI is InChI=1S/C5H12BrClSi/c1-8(2,5-7)4-3-6/h3-5H2,1-2H3. The van der Waals surface area contributed by atoms with Crippen molar-refractivity contribution in [3.8, 4) is 0 Å². The minimum atomic E-state index is -0.959. The molecule has 0 amide bonds. The van der Waals surface area contributed by atoms with Crippen LogP contribution in [0.5, 0.6) is 0 Å². The maximum Gasteiger partial charge on any atom is 0.0648 e. The van der Waals surface area contributed by atoms with Crippen LogP contribution in [0.15, 0.2) is 0 Å². The first kappa shape index (κ1) is 8.99. The van der Waals surface area contributed by atoms with Gasteiger partial charge in [0.05, 0.1) is 8.07 Å². The van der Waals surface area contributed by atoms with E-state index in [9.17, 15) is 0 Å². The summed E-state index contributed by atoms with van der Waals surface area (Å²) < 4.78 is 0. The van der Waals surface area contributed by atoms with Crippen molar-refractivity contribution in [1.82, 2.24) is 0 Å². The molecule has 8 heavy (non-hydrogen) atoms. The van der Waals surface area contributed by atoms with Crippen LogP contribution in [0.4, 0.5) is 0 Å². The Labute approximate surface area is 65.8 Å². The quantitative estimate of drug-likeness (QED) is 0.502. The van der Waals surface area contributed by atoms with Crippen LogP contribution in [0.25, 0.3) is 0 Å². The smallest absolute Gasteiger partial charge is 0.0648 e. The van der Waals surface area contributed by atoms with E-state index >= 15 is 0 Å². The van der Waals surface area contributed by atoms with Crippen molar-refractivity contribution >= 4 is 35.6 Å². The van der Waals surface area contributed by atoms with Gasteiger partial charge in [-0.25, -0.2) is 0 Å². The Morgan fingerprint density at radius 2 is 2.00 bits per heavy atom. The number of hydrogen-bond acceptors (Lipinski definition) is 0. The van der Waals surface area contributed by atoms with E-state index in [-0.39, 0.29) is 0 Å². The zero-order valence-electron chi connectivity index (χ0n) is 5.38. The predicted molar refractivity (Wildman–Crippen MR) is 46.8 cm³/mol. The molecule has 0 spiro atoms. The topological polar surface area (TPSA) is 0 Å². The Morgan fingerprint density at radius 3 is 2.12 bits per heavy atom. The van der Waals surface area contributed by atoms with Gasteiger partial charge < -0.3 is 0 Å². The second-order valence-corrected chi connectivity index (χ2v) is 9.43. The molecule has 0 bridgehead atoms. The van der Waals surface area contributed by atoms with Gasteiger partial charge in [0.1, 0.15) is 0 Å². The molecular weight excluding hydrogens is 203 g/mol. The summed E-state index contributed by atoms with van der Waals surface area (Å²) in [6.45, 7) is 4.61. The second kappa shape index (κ2) is 3.91. The van der Waals surface area contributed by atoms with Gasteiger partial charge >= 0.3 is 0 Å². The summed E-state index contributed by atoms with van der Waals surface area (Å²) in [5, 5.41) is 1.11. The monoisotopic (exact) mass is 214 g/mol. The van der Waals surface area contributed by atoms with Crippen LogP contribution in [0.1, 0.15) is 0 Å². The minimum absolute atomic E-state index is 0.888. The highest BCUT2D eigenvalue weighted by atomic mass is 79.9. The van der Waals surface area contributed by atoms with E-state index in [0.29, 0.717) is 0 Å². The van der Waals surface area contributed by atoms with E-state index in [4.69, 9.17) is 11.6 Å². The van der Waals surface area contributed by atoms with E-state index in [1.165, 1.54) is 6.04 Å². The highest BCUT2D eigenvalue weighted by Gasteiger charge is 2.16. The molecule has 0 aromatic rings. The highest BCUT2D eigenvalue weighted by Crippen LogP contribution is 2.11. The van der Waals surface area contributed by atoms with E-state index in [1.807, 2.05) is 0 Å². The Bertz CT molecular complexity index is 65.4. The Morgan fingerprint density at radius 1 is 1.50 bits per heavy atom. The lowest BCUT2D eigenvalue weighted by atomic mass is 11.0. The molecule has 0 atom stereocenters. The summed E-state index contributed by atoms with van der Waals surface area (Å²) in [6, 6.07) is 1.29. The van der Waals surface area contributed by atoms with Gasteiger partial charge in [0.2, 0.25) is 0 Å². The predicted octanol–water partition coefficient (Wildman–Crippen LogP) is 2.87. The van der Waals surface area contributed by atoms with E-state index in [2.05, 4.69) is 29.0 Å². The van der Waals surface area contributed by atoms with Gasteiger partial charge in [0.25, 0.3) is 0 Å². The van der Waals surface area contributed by atoms with Crippen LogP contribution < -0.4 is 0 Å². The van der Waals surface area contributed by atoms with Gasteiger partial charge in [-0.1, -0.05) is 29.0 Å². The molecule has 0 aliphatic rings. The number of hydrogen-bond donors (Lipinski definition) is 0. The van der Waals surface area contributed by atoms with Crippen LogP contribution in [0.3, 0.4) is 0 Å². The third kappa shape index (κ3) is 3.93. The van der Waals surface area contributed by atoms with E-state index < -0.39 is 8.07 Å². The largest absolute Gasteiger partial charge is 0.130 e. The molecule has 0 aliphatic heterocycles. The molecule has 0 N–H and O–H groups in total. The zero-order valence-corrected chi connectivity index (χ0v) is 8.72. The molecule has 0 aromatic heterocycles. The lowest BCUT2D eigenvalue weighted by molar-refractivity contribution is 1.38. The molecular formula is C5H12BrClSi. The summed E-state index contributed by atoms with van der Waals surface area (Å²) in [7, 11) is -0.959. The fourth-order valence-electron chi connectivity index (χ4n) is 0.323. The van der Waals surface area contributed by atoms with Crippen molar-refractivity contribution in [2.24, 2.45) is 0 Å². The summed E-state index contributed by atoms with van der Waals surface area (Å²) in [5.41, 5.74) is 0.888. The number of rotatable bonds is 3. The van der Waals surface area contributed by atoms with Crippen LogP contribution >= 0.6 is 27.5 Å². The maximum atomic E-state index is 5.71. The summed E-state index contributed by atoms with van der Waals surface area (Å²) in [5.74, 6) is 0. The van der Waals surface area contributed by atoms with Crippen molar-refractivity contribution in [2.75, 3.05) is 10.8 Å². The Kier molecular flexibility index (Phi) is 4.39. The van der Waals surface area contributed by atoms with Crippen molar-refractivity contribution in [3.63, 3.8) is 0 Å². The van der Waals surface area contributed by atoms with Crippen LogP contribution in [-0.2, 0) is 0 Å². The van der Waals surface area contributed by atoms with E-state index in [0.717, 1.165) is 10.8 Å². The van der Waals surface area contributed by atoms with Crippen molar-refractivity contribution in [1.29, 1.82) is 0 Å². The third-order valence-corrected chi connectivity index (χ3v) is 6.76. The molecule has 0 nitrogen and oxygen atoms in total. The number of halogens is 2. The summed E-state index contributed by atoms with van der Waals surface area (Å²) in [6.07, 6.45) is 0. The normalized spacial score (nSPS) is 12.0. The number of alkyl halides is 2. The highest BCUT2D eigenvalue weighted by molar-refractivity contribution is 9.09. The van der Waals surface area contributed by atoms with Crippen molar-refractivity contribution in [3.05, 3.63) is 0 Å². The van der Waals surface area contributed by atoms with Gasteiger partial charge in [0, 0.05) is 10.8 Å². The molecule has 3 heteroatoms. The first-order valence-electron chi connectivity index (χ1n) is 2.74. The first-order chi connectivity index (χ1) is 3.62. The molecule has 50 valence electrons. The lowest BCUT2D eigenvalue weighted by Crippen LogP contribution is -2.28. The van der Waals surface area contributed by atoms with Gasteiger partial charge in [-0.2, -0.15) is 0 Å².